The number of anilines is 1. The van der Waals surface area contributed by atoms with Gasteiger partial charge in [0.05, 0.1) is 22.6 Å². The van der Waals surface area contributed by atoms with Gasteiger partial charge in [-0.15, -0.1) is 0 Å². The molecule has 0 saturated carbocycles. The SMILES string of the molecule is CC[C@@H](C(=O)NC(C)C)N(CCc1ccccc1)C(=O)CN(c1ccc(OC)cc1)S(=O)(=O)c1ccc(C)c([N+](=O)[O-])c1. The van der Waals surface area contributed by atoms with Crippen LogP contribution in [0.4, 0.5) is 11.4 Å². The highest BCUT2D eigenvalue weighted by atomic mass is 32.2. The number of aryl methyl sites for hydroxylation is 1. The number of ether oxygens (including phenoxy) is 1. The Balaban J connectivity index is 2.07. The first-order valence-corrected chi connectivity index (χ1v) is 15.4. The zero-order valence-electron chi connectivity index (χ0n) is 25.0. The van der Waals surface area contributed by atoms with Crippen molar-refractivity contribution in [2.45, 2.75) is 57.5 Å². The van der Waals surface area contributed by atoms with Gasteiger partial charge in [0.1, 0.15) is 18.3 Å². The number of sulfonamides is 1. The minimum Gasteiger partial charge on any atom is -0.497 e. The molecule has 0 unspecified atom stereocenters. The number of nitro benzene ring substituents is 1. The van der Waals surface area contributed by atoms with Gasteiger partial charge in [-0.3, -0.25) is 24.0 Å². The van der Waals surface area contributed by atoms with E-state index in [1.54, 1.807) is 19.1 Å². The van der Waals surface area contributed by atoms with Gasteiger partial charge in [0, 0.05) is 24.2 Å². The average molecular weight is 611 g/mol. The molecule has 0 bridgehead atoms. The summed E-state index contributed by atoms with van der Waals surface area (Å²) in [5.41, 5.74) is 1.04. The Kier molecular flexibility index (Phi) is 11.2. The monoisotopic (exact) mass is 610 g/mol. The molecule has 230 valence electrons. The third-order valence-electron chi connectivity index (χ3n) is 6.91. The van der Waals surface area contributed by atoms with Crippen LogP contribution in [0.15, 0.2) is 77.7 Å². The van der Waals surface area contributed by atoms with Crippen molar-refractivity contribution >= 4 is 33.2 Å². The maximum absolute atomic E-state index is 14.1. The van der Waals surface area contributed by atoms with E-state index in [-0.39, 0.29) is 34.8 Å². The van der Waals surface area contributed by atoms with Gasteiger partial charge in [-0.2, -0.15) is 0 Å². The Morgan fingerprint density at radius 3 is 2.23 bits per heavy atom. The van der Waals surface area contributed by atoms with Gasteiger partial charge in [-0.05, 0) is 69.5 Å². The van der Waals surface area contributed by atoms with Crippen molar-refractivity contribution in [3.63, 3.8) is 0 Å². The predicted molar refractivity (Wildman–Crippen MR) is 165 cm³/mol. The molecule has 0 radical (unpaired) electrons. The van der Waals surface area contributed by atoms with Crippen molar-refractivity contribution in [1.82, 2.24) is 10.2 Å². The highest BCUT2D eigenvalue weighted by Crippen LogP contribution is 2.29. The van der Waals surface area contributed by atoms with Gasteiger partial charge in [0.15, 0.2) is 0 Å². The molecule has 3 aromatic carbocycles. The van der Waals surface area contributed by atoms with Crippen molar-refractivity contribution in [2.24, 2.45) is 0 Å². The minimum atomic E-state index is -4.47. The number of nitro groups is 1. The highest BCUT2D eigenvalue weighted by Gasteiger charge is 2.34. The fourth-order valence-electron chi connectivity index (χ4n) is 4.63. The maximum atomic E-state index is 14.1. The zero-order chi connectivity index (χ0) is 31.7. The lowest BCUT2D eigenvalue weighted by molar-refractivity contribution is -0.385. The second-order valence-corrected chi connectivity index (χ2v) is 12.2. The number of rotatable bonds is 14. The van der Waals surface area contributed by atoms with Crippen LogP contribution in [-0.2, 0) is 26.0 Å². The Bertz CT molecular complexity index is 1530. The lowest BCUT2D eigenvalue weighted by Crippen LogP contribution is -2.54. The molecule has 0 aromatic heterocycles. The van der Waals surface area contributed by atoms with Crippen molar-refractivity contribution in [3.05, 3.63) is 94.0 Å². The quantitative estimate of drug-likeness (QED) is 0.210. The highest BCUT2D eigenvalue weighted by molar-refractivity contribution is 7.92. The van der Waals surface area contributed by atoms with Gasteiger partial charge >= 0.3 is 0 Å². The van der Waals surface area contributed by atoms with Crippen LogP contribution in [0.1, 0.15) is 38.3 Å². The third kappa shape index (κ3) is 8.31. The zero-order valence-corrected chi connectivity index (χ0v) is 25.8. The molecule has 0 heterocycles. The van der Waals surface area contributed by atoms with Crippen molar-refractivity contribution < 1.29 is 27.7 Å². The van der Waals surface area contributed by atoms with E-state index in [1.807, 2.05) is 44.2 Å². The molecular weight excluding hydrogens is 572 g/mol. The molecule has 0 aliphatic heterocycles. The van der Waals surface area contributed by atoms with E-state index in [0.717, 1.165) is 15.9 Å². The molecule has 3 rings (SSSR count). The van der Waals surface area contributed by atoms with E-state index in [2.05, 4.69) is 5.32 Å². The van der Waals surface area contributed by atoms with Crippen LogP contribution in [0.3, 0.4) is 0 Å². The Hall–Kier alpha value is -4.45. The molecule has 0 spiro atoms. The number of carbonyl (C=O) groups excluding carboxylic acids is 2. The number of carbonyl (C=O) groups is 2. The maximum Gasteiger partial charge on any atom is 0.273 e. The molecule has 11 nitrogen and oxygen atoms in total. The van der Waals surface area contributed by atoms with Crippen LogP contribution in [0, 0.1) is 17.0 Å². The van der Waals surface area contributed by atoms with Crippen LogP contribution >= 0.6 is 0 Å². The molecule has 0 fully saturated rings. The average Bonchev–Trinajstić information content (AvgIpc) is 2.98. The minimum absolute atomic E-state index is 0.153. The van der Waals surface area contributed by atoms with E-state index >= 15 is 0 Å². The van der Waals surface area contributed by atoms with Crippen molar-refractivity contribution in [3.8, 4) is 5.75 Å². The van der Waals surface area contributed by atoms with Crippen LogP contribution < -0.4 is 14.4 Å². The molecule has 43 heavy (non-hydrogen) atoms. The van der Waals surface area contributed by atoms with Crippen LogP contribution in [0.5, 0.6) is 5.75 Å². The fraction of sp³-hybridized carbons (Fsp3) is 0.355. The van der Waals surface area contributed by atoms with Crippen LogP contribution in [0.2, 0.25) is 0 Å². The van der Waals surface area contributed by atoms with Gasteiger partial charge in [-0.25, -0.2) is 8.42 Å². The number of nitrogens with zero attached hydrogens (tertiary/aromatic N) is 3. The number of amides is 2. The molecule has 1 N–H and O–H groups in total. The standard InChI is InChI=1S/C31H38N4O7S/c1-6-28(31(37)32-22(2)3)33(19-18-24-10-8-7-9-11-24)30(36)21-34(25-13-15-26(42-5)16-14-25)43(40,41)27-17-12-23(4)29(20-27)35(38)39/h7-17,20,22,28H,6,18-19,21H2,1-5H3,(H,32,37)/t28-/m0/s1. The van der Waals surface area contributed by atoms with E-state index in [4.69, 9.17) is 4.74 Å². The van der Waals surface area contributed by atoms with Gasteiger partial charge in [0.2, 0.25) is 11.8 Å². The Morgan fingerprint density at radius 2 is 1.67 bits per heavy atom. The summed E-state index contributed by atoms with van der Waals surface area (Å²) in [6, 6.07) is 18.2. The van der Waals surface area contributed by atoms with Crippen molar-refractivity contribution in [2.75, 3.05) is 24.5 Å². The number of benzene rings is 3. The first-order valence-electron chi connectivity index (χ1n) is 13.9. The second kappa shape index (κ2) is 14.6. The molecule has 2 amide bonds. The summed E-state index contributed by atoms with van der Waals surface area (Å²) in [5.74, 6) is -0.464. The van der Waals surface area contributed by atoms with E-state index in [0.29, 0.717) is 24.2 Å². The largest absolute Gasteiger partial charge is 0.497 e. The van der Waals surface area contributed by atoms with E-state index in [9.17, 15) is 28.1 Å². The second-order valence-electron chi connectivity index (χ2n) is 10.3. The van der Waals surface area contributed by atoms with Crippen LogP contribution in [0.25, 0.3) is 0 Å². The number of hydrogen-bond donors (Lipinski definition) is 1. The van der Waals surface area contributed by atoms with Gasteiger partial charge in [-0.1, -0.05) is 43.3 Å². The first kappa shape index (κ1) is 33.1. The van der Waals surface area contributed by atoms with Crippen molar-refractivity contribution in [1.29, 1.82) is 0 Å². The summed E-state index contributed by atoms with van der Waals surface area (Å²) in [5, 5.41) is 14.5. The summed E-state index contributed by atoms with van der Waals surface area (Å²) in [6.07, 6.45) is 0.746. The summed E-state index contributed by atoms with van der Waals surface area (Å²) < 4.78 is 34.2. The first-order chi connectivity index (χ1) is 20.4. The normalized spacial score (nSPS) is 12.0. The molecular formula is C31H38N4O7S. The lowest BCUT2D eigenvalue weighted by atomic mass is 10.1. The molecule has 0 aliphatic carbocycles. The smallest absolute Gasteiger partial charge is 0.273 e. The van der Waals surface area contributed by atoms with Crippen LogP contribution in [-0.4, -0.2) is 62.3 Å². The van der Waals surface area contributed by atoms with E-state index < -0.39 is 33.4 Å². The Labute approximate surface area is 252 Å². The Morgan fingerprint density at radius 1 is 1.02 bits per heavy atom. The van der Waals surface area contributed by atoms with Gasteiger partial charge < -0.3 is 15.0 Å². The summed E-state index contributed by atoms with van der Waals surface area (Å²) in [7, 11) is -3.01. The molecule has 3 aromatic rings. The molecule has 0 saturated heterocycles. The predicted octanol–water partition coefficient (Wildman–Crippen LogP) is 4.48. The van der Waals surface area contributed by atoms with E-state index in [1.165, 1.54) is 43.2 Å². The summed E-state index contributed by atoms with van der Waals surface area (Å²) in [6.45, 7) is 6.46. The third-order valence-corrected chi connectivity index (χ3v) is 8.68. The van der Waals surface area contributed by atoms with Gasteiger partial charge in [0.25, 0.3) is 15.7 Å². The summed E-state index contributed by atoms with van der Waals surface area (Å²) >= 11 is 0. The number of nitrogens with one attached hydrogen (secondary N) is 1. The topological polar surface area (TPSA) is 139 Å². The number of hydrogen-bond acceptors (Lipinski definition) is 7. The number of methoxy groups -OCH3 is 1. The molecule has 12 heteroatoms. The molecule has 0 aliphatic rings. The lowest BCUT2D eigenvalue weighted by Gasteiger charge is -2.33. The molecule has 1 atom stereocenters. The fourth-order valence-corrected chi connectivity index (χ4v) is 6.06. The summed E-state index contributed by atoms with van der Waals surface area (Å²) in [4.78, 5) is 39.3.